The number of aryl methyl sites for hydroxylation is 1. The minimum absolute atomic E-state index is 0.487. The number of benzene rings is 1. The average Bonchev–Trinajstić information content (AvgIpc) is 2.37. The van der Waals surface area contributed by atoms with E-state index in [4.69, 9.17) is 0 Å². The topological polar surface area (TPSA) is 12.0 Å². The van der Waals surface area contributed by atoms with Crippen LogP contribution in [0.25, 0.3) is 0 Å². The zero-order chi connectivity index (χ0) is 13.9. The van der Waals surface area contributed by atoms with Crippen LogP contribution < -0.4 is 5.32 Å². The van der Waals surface area contributed by atoms with Crippen molar-refractivity contribution in [1.82, 2.24) is 5.32 Å². The van der Waals surface area contributed by atoms with Gasteiger partial charge in [-0.2, -0.15) is 0 Å². The predicted molar refractivity (Wildman–Crippen MR) is 83.2 cm³/mol. The Kier molecular flexibility index (Phi) is 4.67. The summed E-state index contributed by atoms with van der Waals surface area (Å²) in [6.45, 7) is 10.4. The molecule has 1 aromatic rings. The number of rotatable bonds is 3. The SMILES string of the molecule is Cc1ccccc1CNC1CCC(C(C)(C)C)CC1. The van der Waals surface area contributed by atoms with Crippen molar-refractivity contribution >= 4 is 0 Å². The lowest BCUT2D eigenvalue weighted by atomic mass is 9.71. The Morgan fingerprint density at radius 1 is 1.05 bits per heavy atom. The second-order valence-corrected chi connectivity index (χ2v) is 7.22. The van der Waals surface area contributed by atoms with Gasteiger partial charge in [-0.05, 0) is 55.1 Å². The summed E-state index contributed by atoms with van der Waals surface area (Å²) in [7, 11) is 0. The molecule has 0 saturated heterocycles. The summed E-state index contributed by atoms with van der Waals surface area (Å²) in [4.78, 5) is 0. The fourth-order valence-electron chi connectivity index (χ4n) is 3.23. The Balaban J connectivity index is 1.79. The van der Waals surface area contributed by atoms with Gasteiger partial charge < -0.3 is 5.32 Å². The molecule has 0 unspecified atom stereocenters. The van der Waals surface area contributed by atoms with Gasteiger partial charge in [-0.25, -0.2) is 0 Å². The molecule has 1 N–H and O–H groups in total. The highest BCUT2D eigenvalue weighted by molar-refractivity contribution is 5.25. The number of nitrogens with one attached hydrogen (secondary N) is 1. The van der Waals surface area contributed by atoms with Crippen molar-refractivity contribution in [2.45, 2.75) is 66.0 Å². The molecule has 0 aliphatic heterocycles. The van der Waals surface area contributed by atoms with Gasteiger partial charge in [0.25, 0.3) is 0 Å². The fourth-order valence-corrected chi connectivity index (χ4v) is 3.23. The molecule has 1 heteroatoms. The molecule has 1 saturated carbocycles. The van der Waals surface area contributed by atoms with E-state index >= 15 is 0 Å². The summed E-state index contributed by atoms with van der Waals surface area (Å²) in [6.07, 6.45) is 5.45. The smallest absolute Gasteiger partial charge is 0.0210 e. The average molecular weight is 259 g/mol. The normalized spacial score (nSPS) is 24.4. The van der Waals surface area contributed by atoms with Gasteiger partial charge in [0, 0.05) is 12.6 Å². The van der Waals surface area contributed by atoms with Crippen molar-refractivity contribution < 1.29 is 0 Å². The molecule has 0 bridgehead atoms. The largest absolute Gasteiger partial charge is 0.310 e. The molecule has 0 aromatic heterocycles. The lowest BCUT2D eigenvalue weighted by Crippen LogP contribution is -2.35. The lowest BCUT2D eigenvalue weighted by molar-refractivity contribution is 0.160. The third-order valence-electron chi connectivity index (χ3n) is 4.79. The minimum Gasteiger partial charge on any atom is -0.310 e. The zero-order valence-electron chi connectivity index (χ0n) is 13.0. The third kappa shape index (κ3) is 4.07. The van der Waals surface area contributed by atoms with Crippen molar-refractivity contribution in [1.29, 1.82) is 0 Å². The Labute approximate surface area is 118 Å². The Bertz CT molecular complexity index is 394. The Morgan fingerprint density at radius 3 is 2.26 bits per heavy atom. The van der Waals surface area contributed by atoms with Crippen LogP contribution in [0.1, 0.15) is 57.6 Å². The lowest BCUT2D eigenvalue weighted by Gasteiger charge is -2.37. The quantitative estimate of drug-likeness (QED) is 0.830. The van der Waals surface area contributed by atoms with Crippen LogP contribution in [0.15, 0.2) is 24.3 Å². The molecular formula is C18H29N. The predicted octanol–water partition coefficient (Wildman–Crippen LogP) is 4.69. The molecule has 0 spiro atoms. The van der Waals surface area contributed by atoms with E-state index in [1.54, 1.807) is 0 Å². The molecule has 2 rings (SSSR count). The zero-order valence-corrected chi connectivity index (χ0v) is 13.0. The molecule has 0 heterocycles. The van der Waals surface area contributed by atoms with Gasteiger partial charge in [0.05, 0.1) is 0 Å². The maximum absolute atomic E-state index is 3.75. The highest BCUT2D eigenvalue weighted by Crippen LogP contribution is 2.37. The van der Waals surface area contributed by atoms with Crippen LogP contribution >= 0.6 is 0 Å². The summed E-state index contributed by atoms with van der Waals surface area (Å²) in [5, 5.41) is 3.75. The van der Waals surface area contributed by atoms with Gasteiger partial charge in [-0.1, -0.05) is 45.0 Å². The van der Waals surface area contributed by atoms with Gasteiger partial charge in [0.1, 0.15) is 0 Å². The van der Waals surface area contributed by atoms with E-state index in [2.05, 4.69) is 57.3 Å². The van der Waals surface area contributed by atoms with E-state index in [9.17, 15) is 0 Å². The van der Waals surface area contributed by atoms with E-state index < -0.39 is 0 Å². The first-order valence-electron chi connectivity index (χ1n) is 7.74. The fraction of sp³-hybridized carbons (Fsp3) is 0.667. The minimum atomic E-state index is 0.487. The van der Waals surface area contributed by atoms with Crippen LogP contribution in [0, 0.1) is 18.3 Å². The van der Waals surface area contributed by atoms with Crippen LogP contribution in [0.5, 0.6) is 0 Å². The van der Waals surface area contributed by atoms with Crippen molar-refractivity contribution in [2.75, 3.05) is 0 Å². The monoisotopic (exact) mass is 259 g/mol. The van der Waals surface area contributed by atoms with Crippen LogP contribution in [0.3, 0.4) is 0 Å². The number of hydrogen-bond acceptors (Lipinski definition) is 1. The molecule has 1 aliphatic carbocycles. The molecule has 0 atom stereocenters. The summed E-state index contributed by atoms with van der Waals surface area (Å²) >= 11 is 0. The van der Waals surface area contributed by atoms with E-state index in [1.165, 1.54) is 36.8 Å². The van der Waals surface area contributed by atoms with E-state index in [-0.39, 0.29) is 0 Å². The molecule has 1 fully saturated rings. The van der Waals surface area contributed by atoms with E-state index in [0.29, 0.717) is 5.41 Å². The van der Waals surface area contributed by atoms with Crippen LogP contribution in [-0.4, -0.2) is 6.04 Å². The van der Waals surface area contributed by atoms with Crippen molar-refractivity contribution in [3.63, 3.8) is 0 Å². The van der Waals surface area contributed by atoms with E-state index in [1.807, 2.05) is 0 Å². The standard InChI is InChI=1S/C18H29N/c1-14-7-5-6-8-15(14)13-19-17-11-9-16(10-12-17)18(2,3)4/h5-8,16-17,19H,9-13H2,1-4H3. The van der Waals surface area contributed by atoms with Gasteiger partial charge in [0.15, 0.2) is 0 Å². The first kappa shape index (κ1) is 14.6. The Hall–Kier alpha value is -0.820. The van der Waals surface area contributed by atoms with Crippen LogP contribution in [0.4, 0.5) is 0 Å². The van der Waals surface area contributed by atoms with Gasteiger partial charge >= 0.3 is 0 Å². The summed E-state index contributed by atoms with van der Waals surface area (Å²) in [5.41, 5.74) is 3.33. The molecule has 0 amide bonds. The summed E-state index contributed by atoms with van der Waals surface area (Å²) in [5.74, 6) is 0.906. The molecule has 1 aromatic carbocycles. The van der Waals surface area contributed by atoms with Crippen molar-refractivity contribution in [3.8, 4) is 0 Å². The van der Waals surface area contributed by atoms with Gasteiger partial charge in [0.2, 0.25) is 0 Å². The van der Waals surface area contributed by atoms with Crippen molar-refractivity contribution in [3.05, 3.63) is 35.4 Å². The highest BCUT2D eigenvalue weighted by atomic mass is 14.9. The molecular weight excluding hydrogens is 230 g/mol. The van der Waals surface area contributed by atoms with Gasteiger partial charge in [-0.3, -0.25) is 0 Å². The molecule has 0 radical (unpaired) electrons. The van der Waals surface area contributed by atoms with Crippen LogP contribution in [-0.2, 0) is 6.54 Å². The van der Waals surface area contributed by atoms with E-state index in [0.717, 1.165) is 18.5 Å². The Morgan fingerprint density at radius 2 is 1.68 bits per heavy atom. The molecule has 19 heavy (non-hydrogen) atoms. The third-order valence-corrected chi connectivity index (χ3v) is 4.79. The molecule has 1 nitrogen and oxygen atoms in total. The molecule has 106 valence electrons. The highest BCUT2D eigenvalue weighted by Gasteiger charge is 2.29. The molecule has 1 aliphatic rings. The summed E-state index contributed by atoms with van der Waals surface area (Å²) in [6, 6.07) is 9.42. The second kappa shape index (κ2) is 6.09. The summed E-state index contributed by atoms with van der Waals surface area (Å²) < 4.78 is 0. The van der Waals surface area contributed by atoms with Crippen LogP contribution in [0.2, 0.25) is 0 Å². The van der Waals surface area contributed by atoms with Gasteiger partial charge in [-0.15, -0.1) is 0 Å². The first-order chi connectivity index (χ1) is 8.97. The maximum Gasteiger partial charge on any atom is 0.0210 e. The van der Waals surface area contributed by atoms with Crippen molar-refractivity contribution in [2.24, 2.45) is 11.3 Å². The second-order valence-electron chi connectivity index (χ2n) is 7.22. The first-order valence-corrected chi connectivity index (χ1v) is 7.74. The maximum atomic E-state index is 3.75. The number of hydrogen-bond donors (Lipinski definition) is 1.